The molecule has 0 aromatic heterocycles. The number of rotatable bonds is 8. The van der Waals surface area contributed by atoms with Gasteiger partial charge in [-0.3, -0.25) is 10.1 Å². The standard InChI is InChI=1S/C9H20N3O2S/c1-6(11)8(15)12-7(9(13)14)4-2-3-5-10/h6-7,12,15H,2-5,10-11H2,1H3,(H,13,14)/p+1/t6-,7-/m0/s1. The second-order valence-electron chi connectivity index (χ2n) is 3.56. The molecule has 1 radical (unpaired) electrons. The molecule has 0 heterocycles. The summed E-state index contributed by atoms with van der Waals surface area (Å²) in [7, 11) is 0. The predicted octanol–water partition coefficient (Wildman–Crippen LogP) is -0.792. The van der Waals surface area contributed by atoms with Crippen LogP contribution in [0.3, 0.4) is 0 Å². The Morgan fingerprint density at radius 2 is 2.20 bits per heavy atom. The van der Waals surface area contributed by atoms with E-state index in [0.717, 1.165) is 19.4 Å². The van der Waals surface area contributed by atoms with Crippen LogP contribution in [0.15, 0.2) is 0 Å². The number of hydrogen-bond acceptors (Lipinski definition) is 4. The second kappa shape index (κ2) is 7.92. The molecule has 0 spiro atoms. The smallest absolute Gasteiger partial charge is 0.320 e. The minimum Gasteiger partial charge on any atom is -0.480 e. The lowest BCUT2D eigenvalue weighted by Gasteiger charge is -2.20. The van der Waals surface area contributed by atoms with Gasteiger partial charge in [-0.25, -0.2) is 0 Å². The first kappa shape index (κ1) is 14.7. The van der Waals surface area contributed by atoms with Crippen molar-refractivity contribution in [1.29, 1.82) is 0 Å². The summed E-state index contributed by atoms with van der Waals surface area (Å²) in [4.78, 5) is 10.9. The second-order valence-corrected chi connectivity index (χ2v) is 4.04. The molecule has 0 aliphatic carbocycles. The monoisotopic (exact) mass is 235 g/mol. The minimum atomic E-state index is -0.869. The van der Waals surface area contributed by atoms with Gasteiger partial charge in [0.1, 0.15) is 11.4 Å². The summed E-state index contributed by atoms with van der Waals surface area (Å²) in [5.74, 6) is -0.869. The van der Waals surface area contributed by atoms with Crippen molar-refractivity contribution in [3.63, 3.8) is 0 Å². The van der Waals surface area contributed by atoms with Crippen LogP contribution >= 0.6 is 12.6 Å². The van der Waals surface area contributed by atoms with Gasteiger partial charge in [0.05, 0.1) is 6.54 Å². The molecule has 0 rings (SSSR count). The molecular weight excluding hydrogens is 214 g/mol. The lowest BCUT2D eigenvalue weighted by molar-refractivity contribution is -0.368. The molecule has 0 bridgehead atoms. The van der Waals surface area contributed by atoms with Crippen molar-refractivity contribution in [2.75, 3.05) is 6.54 Å². The molecule has 0 amide bonds. The van der Waals surface area contributed by atoms with E-state index in [1.807, 2.05) is 0 Å². The minimum absolute atomic E-state index is 0.261. The average molecular weight is 235 g/mol. The van der Waals surface area contributed by atoms with E-state index in [4.69, 9.17) is 10.8 Å². The van der Waals surface area contributed by atoms with E-state index in [1.54, 1.807) is 6.92 Å². The number of nitrogens with one attached hydrogen (secondary N) is 1. The number of thiol groups is 1. The Morgan fingerprint density at radius 1 is 1.60 bits per heavy atom. The van der Waals surface area contributed by atoms with Gasteiger partial charge in [-0.2, -0.15) is 12.6 Å². The molecule has 0 aliphatic rings. The van der Waals surface area contributed by atoms with Gasteiger partial charge in [0.25, 0.3) is 0 Å². The Morgan fingerprint density at radius 3 is 2.60 bits per heavy atom. The maximum atomic E-state index is 10.9. The zero-order chi connectivity index (χ0) is 11.8. The molecule has 15 heavy (non-hydrogen) atoms. The normalized spacial score (nSPS) is 15.3. The molecule has 89 valence electrons. The van der Waals surface area contributed by atoms with Crippen LogP contribution in [0.5, 0.6) is 0 Å². The van der Waals surface area contributed by atoms with E-state index in [0.29, 0.717) is 11.8 Å². The summed E-state index contributed by atoms with van der Waals surface area (Å²) in [6.07, 6.45) is 2.35. The Kier molecular flexibility index (Phi) is 7.76. The Bertz CT molecular complexity index is 190. The molecular formula is C9H21N3O2S+. The zero-order valence-corrected chi connectivity index (χ0v) is 9.96. The number of aliphatic carboxylic acids is 1. The summed E-state index contributed by atoms with van der Waals surface area (Å²) in [5, 5.41) is 12.3. The maximum absolute atomic E-state index is 10.9. The number of unbranched alkanes of at least 4 members (excludes halogenated alkanes) is 1. The van der Waals surface area contributed by atoms with E-state index in [2.05, 4.69) is 23.7 Å². The molecule has 0 saturated heterocycles. The molecule has 0 aromatic rings. The Labute approximate surface area is 96.0 Å². The van der Waals surface area contributed by atoms with Gasteiger partial charge in [-0.05, 0) is 26.2 Å². The summed E-state index contributed by atoms with van der Waals surface area (Å²) < 4.78 is 0. The van der Waals surface area contributed by atoms with E-state index in [-0.39, 0.29) is 6.04 Å². The largest absolute Gasteiger partial charge is 0.480 e. The number of carboxylic acid groups (broad SMARTS) is 1. The molecule has 0 saturated carbocycles. The quantitative estimate of drug-likeness (QED) is 0.281. The van der Waals surface area contributed by atoms with Crippen LogP contribution < -0.4 is 16.8 Å². The Hall–Kier alpha value is -0.300. The van der Waals surface area contributed by atoms with Gasteiger partial charge in [-0.15, -0.1) is 0 Å². The van der Waals surface area contributed by atoms with Crippen LogP contribution in [0.4, 0.5) is 0 Å². The van der Waals surface area contributed by atoms with Crippen molar-refractivity contribution in [3.05, 3.63) is 5.37 Å². The summed E-state index contributed by atoms with van der Waals surface area (Å²) in [6, 6.07) is -0.863. The first-order chi connectivity index (χ1) is 6.99. The van der Waals surface area contributed by atoms with Crippen LogP contribution in [0.2, 0.25) is 0 Å². The van der Waals surface area contributed by atoms with Crippen LogP contribution in [0.1, 0.15) is 26.2 Å². The highest BCUT2D eigenvalue weighted by Gasteiger charge is 2.21. The van der Waals surface area contributed by atoms with Crippen molar-refractivity contribution >= 4 is 18.6 Å². The van der Waals surface area contributed by atoms with Crippen LogP contribution in [-0.4, -0.2) is 29.7 Å². The van der Waals surface area contributed by atoms with Crippen LogP contribution in [0, 0.1) is 5.37 Å². The summed E-state index contributed by atoms with van der Waals surface area (Å²) in [5.41, 5.74) is 9.27. The Balaban J connectivity index is 3.99. The molecule has 2 atom stereocenters. The maximum Gasteiger partial charge on any atom is 0.320 e. The fraction of sp³-hybridized carbons (Fsp3) is 0.778. The molecule has 0 unspecified atom stereocenters. The number of carbonyl (C=O) groups is 1. The molecule has 0 aromatic carbocycles. The first-order valence-electron chi connectivity index (χ1n) is 5.09. The highest BCUT2D eigenvalue weighted by Crippen LogP contribution is 2.10. The van der Waals surface area contributed by atoms with Crippen LogP contribution in [0.25, 0.3) is 0 Å². The summed E-state index contributed by atoms with van der Waals surface area (Å²) in [6.45, 7) is 2.58. The van der Waals surface area contributed by atoms with E-state index < -0.39 is 12.0 Å². The van der Waals surface area contributed by atoms with E-state index >= 15 is 0 Å². The number of carboxylic acids is 1. The third-order valence-corrected chi connectivity index (χ3v) is 2.58. The fourth-order valence-corrected chi connectivity index (χ4v) is 1.25. The van der Waals surface area contributed by atoms with Crippen molar-refractivity contribution in [2.45, 2.75) is 38.3 Å². The molecule has 0 aliphatic heterocycles. The highest BCUT2D eigenvalue weighted by atomic mass is 32.1. The number of quaternary nitrogens is 1. The van der Waals surface area contributed by atoms with Crippen molar-refractivity contribution in [2.24, 2.45) is 5.73 Å². The third kappa shape index (κ3) is 6.72. The zero-order valence-electron chi connectivity index (χ0n) is 9.07. The van der Waals surface area contributed by atoms with Gasteiger partial charge < -0.3 is 16.6 Å². The van der Waals surface area contributed by atoms with Gasteiger partial charge in [0, 0.05) is 6.04 Å². The predicted molar refractivity (Wildman–Crippen MR) is 62.0 cm³/mol. The van der Waals surface area contributed by atoms with Crippen LogP contribution in [-0.2, 0) is 4.79 Å². The van der Waals surface area contributed by atoms with Gasteiger partial charge in [-0.1, -0.05) is 0 Å². The lowest BCUT2D eigenvalue weighted by Crippen LogP contribution is -2.50. The third-order valence-electron chi connectivity index (χ3n) is 2.04. The summed E-state index contributed by atoms with van der Waals surface area (Å²) >= 11 is 4.11. The SMILES string of the molecule is C[C@H](N)[C](S)N[C@@H](CCCC[NH3+])C(=O)O. The number of hydrogen-bond donors (Lipinski definition) is 5. The van der Waals surface area contributed by atoms with Gasteiger partial charge in [0.15, 0.2) is 0 Å². The number of nitrogens with two attached hydrogens (primary N) is 1. The average Bonchev–Trinajstić information content (AvgIpc) is 2.15. The van der Waals surface area contributed by atoms with E-state index in [1.165, 1.54) is 0 Å². The highest BCUT2D eigenvalue weighted by molar-refractivity contribution is 7.83. The van der Waals surface area contributed by atoms with Gasteiger partial charge in [0.2, 0.25) is 0 Å². The van der Waals surface area contributed by atoms with E-state index in [9.17, 15) is 4.79 Å². The van der Waals surface area contributed by atoms with Crippen molar-refractivity contribution in [1.82, 2.24) is 5.32 Å². The van der Waals surface area contributed by atoms with Crippen molar-refractivity contribution in [3.8, 4) is 0 Å². The molecule has 7 N–H and O–H groups in total. The molecule has 6 heteroatoms. The molecule has 0 fully saturated rings. The van der Waals surface area contributed by atoms with Gasteiger partial charge >= 0.3 is 5.97 Å². The topological polar surface area (TPSA) is 103 Å². The molecule has 5 nitrogen and oxygen atoms in total. The first-order valence-corrected chi connectivity index (χ1v) is 5.53. The lowest BCUT2D eigenvalue weighted by atomic mass is 10.1. The van der Waals surface area contributed by atoms with Crippen molar-refractivity contribution < 1.29 is 15.6 Å². The fourth-order valence-electron chi connectivity index (χ4n) is 1.09.